The summed E-state index contributed by atoms with van der Waals surface area (Å²) in [5, 5.41) is 3.13. The molecule has 1 rings (SSSR count). The Morgan fingerprint density at radius 3 is 2.70 bits per heavy atom. The van der Waals surface area contributed by atoms with Crippen LogP contribution in [0, 0.1) is 12.0 Å². The van der Waals surface area contributed by atoms with E-state index in [0.29, 0.717) is 0 Å². The van der Waals surface area contributed by atoms with Crippen LogP contribution in [0.3, 0.4) is 0 Å². The average Bonchev–Trinajstić information content (AvgIpc) is 2.13. The fourth-order valence-electron chi connectivity index (χ4n) is 0.628. The number of hydrogen-bond donors (Lipinski definition) is 0. The average molecular weight is 137 g/mol. The molecule has 0 atom stereocenters. The highest BCUT2D eigenvalue weighted by Gasteiger charge is 2.27. The molecule has 1 aliphatic heterocycles. The van der Waals surface area contributed by atoms with Crippen LogP contribution in [0.1, 0.15) is 6.92 Å². The summed E-state index contributed by atoms with van der Waals surface area (Å²) >= 11 is 0. The van der Waals surface area contributed by atoms with Gasteiger partial charge in [-0.1, -0.05) is 5.92 Å². The Hall–Kier alpha value is -1.50. The van der Waals surface area contributed by atoms with Gasteiger partial charge in [0.15, 0.2) is 0 Å². The third-order valence-electron chi connectivity index (χ3n) is 0.991. The van der Waals surface area contributed by atoms with Gasteiger partial charge in [0, 0.05) is 6.04 Å². The number of urea groups is 1. The quantitative estimate of drug-likeness (QED) is 0.335. The van der Waals surface area contributed by atoms with Crippen molar-refractivity contribution in [1.29, 1.82) is 0 Å². The highest BCUT2D eigenvalue weighted by Crippen LogP contribution is 1.96. The maximum atomic E-state index is 10.6. The Bertz CT molecular complexity index is 236. The van der Waals surface area contributed by atoms with Gasteiger partial charge >= 0.3 is 6.03 Å². The van der Waals surface area contributed by atoms with E-state index < -0.39 is 11.9 Å². The Morgan fingerprint density at radius 1 is 1.60 bits per heavy atom. The van der Waals surface area contributed by atoms with Crippen LogP contribution >= 0.6 is 0 Å². The molecule has 0 aromatic rings. The molecular weight excluding hydrogens is 132 g/mol. The number of imide groups is 1. The fraction of sp³-hybridized carbons (Fsp3) is 0.333. The van der Waals surface area contributed by atoms with Crippen LogP contribution in [0.5, 0.6) is 0 Å². The first kappa shape index (κ1) is 6.62. The lowest BCUT2D eigenvalue weighted by Crippen LogP contribution is -2.19. The summed E-state index contributed by atoms with van der Waals surface area (Å²) in [5.74, 6) is 2.08. The predicted octanol–water partition coefficient (Wildman–Crippen LogP) is -0.466. The third kappa shape index (κ3) is 1.08. The molecule has 1 saturated heterocycles. The van der Waals surface area contributed by atoms with Gasteiger partial charge in [-0.15, -0.1) is 0 Å². The van der Waals surface area contributed by atoms with E-state index in [1.165, 1.54) is 0 Å². The summed E-state index contributed by atoms with van der Waals surface area (Å²) in [7, 11) is 0. The third-order valence-corrected chi connectivity index (χ3v) is 0.991. The molecule has 0 saturated carbocycles. The summed E-state index contributed by atoms with van der Waals surface area (Å²) in [6.45, 7) is 1.59. The highest BCUT2D eigenvalue weighted by atomic mass is 16.2. The van der Waals surface area contributed by atoms with Gasteiger partial charge in [-0.2, -0.15) is 5.32 Å². The molecule has 0 N–H and O–H groups in total. The van der Waals surface area contributed by atoms with E-state index in [-0.39, 0.29) is 6.54 Å². The summed E-state index contributed by atoms with van der Waals surface area (Å²) in [5.41, 5.74) is 0. The minimum Gasteiger partial charge on any atom is -0.270 e. The lowest BCUT2D eigenvalue weighted by molar-refractivity contribution is -0.118. The van der Waals surface area contributed by atoms with Crippen molar-refractivity contribution in [3.63, 3.8) is 0 Å². The second-order valence-corrected chi connectivity index (χ2v) is 1.74. The molecule has 0 unspecified atom stereocenters. The van der Waals surface area contributed by atoms with E-state index in [4.69, 9.17) is 0 Å². The standard InChI is InChI=1S/C6H5N2O2/c1-2-3-8-4-5(9)7-6(8)10/h4H2,1H3. The second kappa shape index (κ2) is 2.40. The Morgan fingerprint density at radius 2 is 2.30 bits per heavy atom. The molecule has 0 bridgehead atoms. The molecule has 1 aliphatic rings. The molecule has 4 nitrogen and oxygen atoms in total. The normalized spacial score (nSPS) is 16.3. The van der Waals surface area contributed by atoms with Crippen molar-refractivity contribution in [2.24, 2.45) is 0 Å². The van der Waals surface area contributed by atoms with Crippen LogP contribution in [0.2, 0.25) is 0 Å². The number of nitrogens with zero attached hydrogens (tertiary/aromatic N) is 2. The van der Waals surface area contributed by atoms with Crippen LogP contribution < -0.4 is 5.32 Å². The van der Waals surface area contributed by atoms with Crippen molar-refractivity contribution in [2.45, 2.75) is 6.92 Å². The SMILES string of the molecule is CC#CN1CC(=O)[N]C1=O. The second-order valence-electron chi connectivity index (χ2n) is 1.74. The first-order chi connectivity index (χ1) is 4.74. The van der Waals surface area contributed by atoms with Crippen LogP contribution in [-0.2, 0) is 4.79 Å². The zero-order valence-corrected chi connectivity index (χ0v) is 5.42. The van der Waals surface area contributed by atoms with E-state index >= 15 is 0 Å². The molecule has 4 heteroatoms. The topological polar surface area (TPSA) is 51.5 Å². The maximum absolute atomic E-state index is 10.6. The van der Waals surface area contributed by atoms with E-state index in [2.05, 4.69) is 17.3 Å². The molecule has 1 fully saturated rings. The van der Waals surface area contributed by atoms with Crippen molar-refractivity contribution in [3.8, 4) is 12.0 Å². The molecule has 1 radical (unpaired) electrons. The van der Waals surface area contributed by atoms with Gasteiger partial charge in [0.1, 0.15) is 6.54 Å². The summed E-state index contributed by atoms with van der Waals surface area (Å²) in [4.78, 5) is 22.1. The molecule has 0 aliphatic carbocycles. The van der Waals surface area contributed by atoms with Crippen molar-refractivity contribution in [1.82, 2.24) is 10.2 Å². The van der Waals surface area contributed by atoms with Crippen LogP contribution in [0.25, 0.3) is 0 Å². The zero-order valence-electron chi connectivity index (χ0n) is 5.42. The smallest absolute Gasteiger partial charge is 0.270 e. The molecular formula is C6H5N2O2. The van der Waals surface area contributed by atoms with Crippen LogP contribution in [-0.4, -0.2) is 23.4 Å². The van der Waals surface area contributed by atoms with Gasteiger partial charge in [-0.25, -0.2) is 9.69 Å². The monoisotopic (exact) mass is 137 g/mol. The maximum Gasteiger partial charge on any atom is 0.358 e. The number of amides is 3. The number of hydrogen-bond acceptors (Lipinski definition) is 2. The van der Waals surface area contributed by atoms with E-state index in [1.807, 2.05) is 0 Å². The molecule has 0 aromatic heterocycles. The molecule has 10 heavy (non-hydrogen) atoms. The summed E-state index contributed by atoms with van der Waals surface area (Å²) < 4.78 is 0. The van der Waals surface area contributed by atoms with Crippen molar-refractivity contribution >= 4 is 11.9 Å². The minimum atomic E-state index is -0.556. The lowest BCUT2D eigenvalue weighted by atomic mass is 10.6. The summed E-state index contributed by atoms with van der Waals surface area (Å²) in [6.07, 6.45) is 0. The Labute approximate surface area is 58.2 Å². The fourth-order valence-corrected chi connectivity index (χ4v) is 0.628. The largest absolute Gasteiger partial charge is 0.358 e. The number of carbonyl (C=O) groups is 2. The molecule has 51 valence electrons. The summed E-state index contributed by atoms with van der Waals surface area (Å²) in [6, 6.07) is 1.89. The molecule has 0 spiro atoms. The molecule has 3 amide bonds. The zero-order chi connectivity index (χ0) is 7.56. The van der Waals surface area contributed by atoms with Crippen LogP contribution in [0.4, 0.5) is 4.79 Å². The van der Waals surface area contributed by atoms with Crippen LogP contribution in [0.15, 0.2) is 0 Å². The highest BCUT2D eigenvalue weighted by molar-refractivity contribution is 6.02. The lowest BCUT2D eigenvalue weighted by Gasteiger charge is -1.97. The van der Waals surface area contributed by atoms with Crippen molar-refractivity contribution in [2.75, 3.05) is 6.54 Å². The molecule has 0 aromatic carbocycles. The Balaban J connectivity index is 2.69. The predicted molar refractivity (Wildman–Crippen MR) is 32.7 cm³/mol. The van der Waals surface area contributed by atoms with Gasteiger partial charge < -0.3 is 0 Å². The van der Waals surface area contributed by atoms with Gasteiger partial charge in [0.05, 0.1) is 0 Å². The first-order valence-corrected chi connectivity index (χ1v) is 2.72. The van der Waals surface area contributed by atoms with E-state index in [0.717, 1.165) is 4.90 Å². The van der Waals surface area contributed by atoms with Gasteiger partial charge in [-0.3, -0.25) is 4.79 Å². The van der Waals surface area contributed by atoms with Gasteiger partial charge in [0.2, 0.25) is 0 Å². The first-order valence-electron chi connectivity index (χ1n) is 2.72. The minimum absolute atomic E-state index is 0.000324. The molecule has 1 heterocycles. The van der Waals surface area contributed by atoms with Crippen molar-refractivity contribution in [3.05, 3.63) is 0 Å². The Kier molecular flexibility index (Phi) is 1.59. The number of carbonyl (C=O) groups excluding carboxylic acids is 2. The van der Waals surface area contributed by atoms with Crippen molar-refractivity contribution < 1.29 is 9.59 Å². The number of rotatable bonds is 0. The van der Waals surface area contributed by atoms with Gasteiger partial charge in [-0.05, 0) is 6.92 Å². The van der Waals surface area contributed by atoms with E-state index in [1.54, 1.807) is 6.92 Å². The van der Waals surface area contributed by atoms with Gasteiger partial charge in [0.25, 0.3) is 5.91 Å². The van der Waals surface area contributed by atoms with E-state index in [9.17, 15) is 9.59 Å².